The molecule has 0 fully saturated rings. The Morgan fingerprint density at radius 3 is 1.88 bits per heavy atom. The number of nitrogens with one attached hydrogen (secondary N) is 4. The molecule has 12 nitrogen and oxygen atoms in total. The molecule has 0 saturated heterocycles. The minimum Gasteiger partial charge on any atom is -0.481 e. The third-order valence-electron chi connectivity index (χ3n) is 4.48. The van der Waals surface area contributed by atoms with Gasteiger partial charge in [0.25, 0.3) is 0 Å². The summed E-state index contributed by atoms with van der Waals surface area (Å²) in [6, 6.07) is 3.26. The third kappa shape index (κ3) is 10.8. The van der Waals surface area contributed by atoms with E-state index < -0.39 is 60.6 Å². The lowest BCUT2D eigenvalue weighted by molar-refractivity contribution is -0.143. The first-order chi connectivity index (χ1) is 16.0. The number of hydrogen-bond donors (Lipinski definition) is 7. The van der Waals surface area contributed by atoms with Crippen LogP contribution in [0.3, 0.4) is 0 Å². The normalized spacial score (nSPS) is 13.0. The van der Waals surface area contributed by atoms with Crippen molar-refractivity contribution in [3.05, 3.63) is 35.4 Å². The Hall–Kier alpha value is -3.61. The zero-order valence-electron chi connectivity index (χ0n) is 18.4. The lowest BCUT2D eigenvalue weighted by atomic mass is 10.1. The SMILES string of the molecule is C[C@H](CS)NC(=O)[C@H](CC(=O)O)NC(=O)[C@H](CC(=O)O)NC(=O)Cc1ccc(CNC=O)cc1. The van der Waals surface area contributed by atoms with Crippen LogP contribution in [0.5, 0.6) is 0 Å². The van der Waals surface area contributed by atoms with Crippen LogP contribution in [0.1, 0.15) is 30.9 Å². The van der Waals surface area contributed by atoms with E-state index in [1.54, 1.807) is 31.2 Å². The van der Waals surface area contributed by atoms with E-state index in [0.29, 0.717) is 18.5 Å². The largest absolute Gasteiger partial charge is 0.481 e. The fraction of sp³-hybridized carbons (Fsp3) is 0.429. The van der Waals surface area contributed by atoms with Crippen molar-refractivity contribution in [3.8, 4) is 0 Å². The van der Waals surface area contributed by atoms with Gasteiger partial charge in [-0.15, -0.1) is 0 Å². The number of carbonyl (C=O) groups excluding carboxylic acids is 4. The molecule has 13 heteroatoms. The van der Waals surface area contributed by atoms with E-state index in [9.17, 15) is 28.8 Å². The van der Waals surface area contributed by atoms with Crippen molar-refractivity contribution in [1.29, 1.82) is 0 Å². The van der Waals surface area contributed by atoms with E-state index in [1.807, 2.05) is 0 Å². The molecule has 0 aliphatic carbocycles. The quantitative estimate of drug-likeness (QED) is 0.117. The van der Waals surface area contributed by atoms with Gasteiger partial charge in [-0.3, -0.25) is 28.8 Å². The van der Waals surface area contributed by atoms with Crippen LogP contribution < -0.4 is 21.3 Å². The van der Waals surface area contributed by atoms with E-state index in [0.717, 1.165) is 5.56 Å². The first-order valence-electron chi connectivity index (χ1n) is 10.2. The Morgan fingerprint density at radius 1 is 0.882 bits per heavy atom. The van der Waals surface area contributed by atoms with Crippen LogP contribution in [0.2, 0.25) is 0 Å². The summed E-state index contributed by atoms with van der Waals surface area (Å²) in [7, 11) is 0. The number of carbonyl (C=O) groups is 6. The molecule has 34 heavy (non-hydrogen) atoms. The third-order valence-corrected chi connectivity index (χ3v) is 5.03. The van der Waals surface area contributed by atoms with Gasteiger partial charge in [0, 0.05) is 18.3 Å². The summed E-state index contributed by atoms with van der Waals surface area (Å²) in [6.45, 7) is 1.94. The maximum Gasteiger partial charge on any atom is 0.305 e. The van der Waals surface area contributed by atoms with E-state index >= 15 is 0 Å². The zero-order valence-corrected chi connectivity index (χ0v) is 19.3. The monoisotopic (exact) mass is 496 g/mol. The van der Waals surface area contributed by atoms with E-state index in [4.69, 9.17) is 10.2 Å². The first kappa shape index (κ1) is 28.4. The highest BCUT2D eigenvalue weighted by Crippen LogP contribution is 2.06. The van der Waals surface area contributed by atoms with E-state index in [-0.39, 0.29) is 12.2 Å². The van der Waals surface area contributed by atoms with Crippen molar-refractivity contribution in [2.45, 2.75) is 50.9 Å². The van der Waals surface area contributed by atoms with Crippen LogP contribution in [0.4, 0.5) is 0 Å². The summed E-state index contributed by atoms with van der Waals surface area (Å²) < 4.78 is 0. The fourth-order valence-electron chi connectivity index (χ4n) is 2.79. The number of aliphatic carboxylic acids is 2. The second-order valence-corrected chi connectivity index (χ2v) is 7.83. The molecule has 0 heterocycles. The van der Waals surface area contributed by atoms with Crippen LogP contribution in [0.25, 0.3) is 0 Å². The summed E-state index contributed by atoms with van der Waals surface area (Å²) in [4.78, 5) is 70.1. The molecule has 3 atom stereocenters. The first-order valence-corrected chi connectivity index (χ1v) is 10.9. The minimum absolute atomic E-state index is 0.163. The molecule has 1 aromatic carbocycles. The predicted molar refractivity (Wildman–Crippen MR) is 123 cm³/mol. The number of hydrogen-bond acceptors (Lipinski definition) is 7. The van der Waals surface area contributed by atoms with Gasteiger partial charge in [0.05, 0.1) is 19.3 Å². The minimum atomic E-state index is -1.53. The van der Waals surface area contributed by atoms with Gasteiger partial charge >= 0.3 is 11.9 Å². The van der Waals surface area contributed by atoms with Crippen LogP contribution >= 0.6 is 12.6 Å². The number of carboxylic acid groups (broad SMARTS) is 2. The molecular weight excluding hydrogens is 468 g/mol. The summed E-state index contributed by atoms with van der Waals surface area (Å²) in [5.74, 6) is -4.90. The van der Waals surface area contributed by atoms with Crippen molar-refractivity contribution < 1.29 is 39.0 Å². The number of thiol groups is 1. The number of amides is 4. The second-order valence-electron chi connectivity index (χ2n) is 7.46. The highest BCUT2D eigenvalue weighted by Gasteiger charge is 2.30. The Morgan fingerprint density at radius 2 is 1.38 bits per heavy atom. The highest BCUT2D eigenvalue weighted by molar-refractivity contribution is 7.80. The van der Waals surface area contributed by atoms with Crippen molar-refractivity contribution in [2.24, 2.45) is 0 Å². The molecule has 0 unspecified atom stereocenters. The molecular formula is C21H28N4O8S. The van der Waals surface area contributed by atoms with Gasteiger partial charge in [-0.1, -0.05) is 24.3 Å². The molecule has 0 aromatic heterocycles. The predicted octanol–water partition coefficient (Wildman–Crippen LogP) is -1.17. The molecule has 186 valence electrons. The average Bonchev–Trinajstić information content (AvgIpc) is 2.76. The maximum absolute atomic E-state index is 12.7. The standard InChI is InChI=1S/C21H28N4O8S/c1-12(10-34)23-20(32)16(8-19(30)31)25-21(33)15(7-18(28)29)24-17(27)6-13-2-4-14(5-3-13)9-22-11-26/h2-5,11-12,15-16,34H,6-10H2,1H3,(H,22,26)(H,23,32)(H,24,27)(H,25,33)(H,28,29)(H,30,31)/t12-,15+,16+/m1/s1. The van der Waals surface area contributed by atoms with E-state index in [2.05, 4.69) is 33.9 Å². The molecule has 0 bridgehead atoms. The van der Waals surface area contributed by atoms with Crippen LogP contribution in [-0.2, 0) is 41.7 Å². The van der Waals surface area contributed by atoms with Gasteiger partial charge in [-0.2, -0.15) is 12.6 Å². The van der Waals surface area contributed by atoms with E-state index in [1.165, 1.54) is 0 Å². The number of rotatable bonds is 15. The van der Waals surface area contributed by atoms with Gasteiger partial charge in [0.15, 0.2) is 0 Å². The van der Waals surface area contributed by atoms with Crippen molar-refractivity contribution in [2.75, 3.05) is 5.75 Å². The Bertz CT molecular complexity index is 893. The Labute approximate surface area is 201 Å². The topological polar surface area (TPSA) is 191 Å². The van der Waals surface area contributed by atoms with Crippen molar-refractivity contribution >= 4 is 48.7 Å². The highest BCUT2D eigenvalue weighted by atomic mass is 32.1. The lowest BCUT2D eigenvalue weighted by Crippen LogP contribution is -2.56. The van der Waals surface area contributed by atoms with Crippen molar-refractivity contribution in [1.82, 2.24) is 21.3 Å². The van der Waals surface area contributed by atoms with Gasteiger partial charge in [0.2, 0.25) is 24.1 Å². The molecule has 0 spiro atoms. The molecule has 1 rings (SSSR count). The second kappa shape index (κ2) is 14.5. The molecule has 0 aliphatic heterocycles. The average molecular weight is 497 g/mol. The smallest absolute Gasteiger partial charge is 0.305 e. The summed E-state index contributed by atoms with van der Waals surface area (Å²) >= 11 is 4.02. The Balaban J connectivity index is 2.86. The maximum atomic E-state index is 12.7. The molecule has 0 radical (unpaired) electrons. The van der Waals surface area contributed by atoms with Gasteiger partial charge in [0.1, 0.15) is 12.1 Å². The number of carboxylic acids is 2. The zero-order chi connectivity index (χ0) is 25.7. The molecule has 4 amide bonds. The lowest BCUT2D eigenvalue weighted by Gasteiger charge is -2.22. The number of benzene rings is 1. The van der Waals surface area contributed by atoms with Gasteiger partial charge < -0.3 is 31.5 Å². The summed E-state index contributed by atoms with van der Waals surface area (Å²) in [5.41, 5.74) is 1.38. The molecule has 0 aliphatic rings. The fourth-order valence-corrected chi connectivity index (χ4v) is 2.89. The van der Waals surface area contributed by atoms with Gasteiger partial charge in [-0.05, 0) is 18.1 Å². The van der Waals surface area contributed by atoms with Crippen LogP contribution in [0.15, 0.2) is 24.3 Å². The van der Waals surface area contributed by atoms with Gasteiger partial charge in [-0.25, -0.2) is 0 Å². The Kier molecular flexibility index (Phi) is 12.1. The summed E-state index contributed by atoms with van der Waals surface area (Å²) in [6.07, 6.45) is -1.12. The molecule has 6 N–H and O–H groups in total. The van der Waals surface area contributed by atoms with Crippen LogP contribution in [-0.4, -0.2) is 70.2 Å². The molecule has 1 aromatic rings. The summed E-state index contributed by atoms with van der Waals surface area (Å²) in [5, 5.41) is 27.7. The van der Waals surface area contributed by atoms with Crippen molar-refractivity contribution in [3.63, 3.8) is 0 Å². The molecule has 0 saturated carbocycles. The van der Waals surface area contributed by atoms with Crippen LogP contribution in [0, 0.1) is 0 Å².